The first-order valence-electron chi connectivity index (χ1n) is 10.6. The maximum atomic E-state index is 14.5. The smallest absolute Gasteiger partial charge is 0.229 e. The summed E-state index contributed by atoms with van der Waals surface area (Å²) < 4.78 is 14.5. The Morgan fingerprint density at radius 1 is 0.970 bits per heavy atom. The van der Waals surface area contributed by atoms with Gasteiger partial charge in [-0.1, -0.05) is 18.2 Å². The van der Waals surface area contributed by atoms with Crippen molar-refractivity contribution in [1.82, 2.24) is 29.7 Å². The fraction of sp³-hybridized carbons (Fsp3) is 0.250. The van der Waals surface area contributed by atoms with Gasteiger partial charge in [-0.15, -0.1) is 12.4 Å². The zero-order valence-corrected chi connectivity index (χ0v) is 19.1. The number of pyridine rings is 2. The summed E-state index contributed by atoms with van der Waals surface area (Å²) in [6.07, 6.45) is 4.78. The number of halogens is 2. The Balaban J connectivity index is 0.00000259. The Bertz CT molecular complexity index is 1230. The van der Waals surface area contributed by atoms with E-state index in [1.807, 2.05) is 42.6 Å². The molecule has 0 bridgehead atoms. The SMILES string of the molecule is CN1CCN(Cc2ccc(Nc3ncc(F)c(-c4ccc5ncccc5c4)n3)nc2)CC1.Cl. The van der Waals surface area contributed by atoms with Crippen molar-refractivity contribution in [2.24, 2.45) is 0 Å². The van der Waals surface area contributed by atoms with Crippen molar-refractivity contribution < 1.29 is 4.39 Å². The van der Waals surface area contributed by atoms with Gasteiger partial charge < -0.3 is 10.2 Å². The van der Waals surface area contributed by atoms with E-state index in [1.54, 1.807) is 6.20 Å². The molecule has 0 aliphatic carbocycles. The van der Waals surface area contributed by atoms with E-state index in [4.69, 9.17) is 0 Å². The summed E-state index contributed by atoms with van der Waals surface area (Å²) in [5, 5.41) is 4.01. The third-order valence-electron chi connectivity index (χ3n) is 5.69. The molecule has 0 radical (unpaired) electrons. The molecule has 4 aromatic rings. The quantitative estimate of drug-likeness (QED) is 0.475. The molecule has 0 spiro atoms. The maximum Gasteiger partial charge on any atom is 0.229 e. The average Bonchev–Trinajstić information content (AvgIpc) is 2.83. The van der Waals surface area contributed by atoms with Gasteiger partial charge >= 0.3 is 0 Å². The van der Waals surface area contributed by atoms with Crippen LogP contribution in [-0.2, 0) is 6.54 Å². The molecule has 1 N–H and O–H groups in total. The summed E-state index contributed by atoms with van der Waals surface area (Å²) >= 11 is 0. The molecule has 0 amide bonds. The van der Waals surface area contributed by atoms with Crippen LogP contribution in [0.15, 0.2) is 61.1 Å². The minimum Gasteiger partial charge on any atom is -0.309 e. The highest BCUT2D eigenvalue weighted by Crippen LogP contribution is 2.25. The monoisotopic (exact) mass is 465 g/mol. The van der Waals surface area contributed by atoms with Gasteiger partial charge in [0.1, 0.15) is 11.5 Å². The lowest BCUT2D eigenvalue weighted by molar-refractivity contribution is 0.148. The van der Waals surface area contributed by atoms with Gasteiger partial charge in [0.2, 0.25) is 5.95 Å². The van der Waals surface area contributed by atoms with Gasteiger partial charge in [-0.3, -0.25) is 9.88 Å². The van der Waals surface area contributed by atoms with Crippen molar-refractivity contribution in [3.63, 3.8) is 0 Å². The highest BCUT2D eigenvalue weighted by atomic mass is 35.5. The Kier molecular flexibility index (Phi) is 7.08. The second-order valence-corrected chi connectivity index (χ2v) is 8.06. The van der Waals surface area contributed by atoms with Gasteiger partial charge in [-0.2, -0.15) is 0 Å². The highest BCUT2D eigenvalue weighted by molar-refractivity contribution is 5.85. The molecule has 7 nitrogen and oxygen atoms in total. The van der Waals surface area contributed by atoms with E-state index < -0.39 is 5.82 Å². The van der Waals surface area contributed by atoms with Gasteiger partial charge in [0, 0.05) is 56.1 Å². The summed E-state index contributed by atoms with van der Waals surface area (Å²) in [7, 11) is 2.15. The molecule has 1 aromatic carbocycles. The summed E-state index contributed by atoms with van der Waals surface area (Å²) in [6.45, 7) is 5.19. The Hall–Kier alpha value is -3.20. The first kappa shape index (κ1) is 23.0. The maximum absolute atomic E-state index is 14.5. The van der Waals surface area contributed by atoms with Crippen molar-refractivity contribution in [2.75, 3.05) is 38.5 Å². The molecule has 170 valence electrons. The lowest BCUT2D eigenvalue weighted by Gasteiger charge is -2.32. The third kappa shape index (κ3) is 5.42. The van der Waals surface area contributed by atoms with Crippen molar-refractivity contribution in [1.29, 1.82) is 0 Å². The first-order chi connectivity index (χ1) is 15.6. The molecule has 33 heavy (non-hydrogen) atoms. The Labute approximate surface area is 198 Å². The average molecular weight is 466 g/mol. The second-order valence-electron chi connectivity index (χ2n) is 8.06. The van der Waals surface area contributed by atoms with E-state index in [9.17, 15) is 4.39 Å². The van der Waals surface area contributed by atoms with Crippen LogP contribution in [0.3, 0.4) is 0 Å². The number of benzene rings is 1. The molecular weight excluding hydrogens is 441 g/mol. The van der Waals surface area contributed by atoms with Gasteiger partial charge in [0.25, 0.3) is 0 Å². The van der Waals surface area contributed by atoms with E-state index in [0.717, 1.165) is 49.2 Å². The minimum absolute atomic E-state index is 0. The number of hydrogen-bond acceptors (Lipinski definition) is 7. The number of anilines is 2. The Morgan fingerprint density at radius 2 is 1.82 bits per heavy atom. The van der Waals surface area contributed by atoms with Gasteiger partial charge in [0.15, 0.2) is 5.82 Å². The number of rotatable bonds is 5. The first-order valence-corrected chi connectivity index (χ1v) is 10.6. The largest absolute Gasteiger partial charge is 0.309 e. The number of piperazine rings is 1. The van der Waals surface area contributed by atoms with E-state index in [0.29, 0.717) is 17.3 Å². The molecule has 0 unspecified atom stereocenters. The predicted octanol–water partition coefficient (Wildman–Crippen LogP) is 4.14. The third-order valence-corrected chi connectivity index (χ3v) is 5.69. The lowest BCUT2D eigenvalue weighted by atomic mass is 10.1. The molecule has 4 heterocycles. The molecule has 1 fully saturated rings. The second kappa shape index (κ2) is 10.2. The molecule has 1 aliphatic heterocycles. The van der Waals surface area contributed by atoms with Crippen LogP contribution in [0.5, 0.6) is 0 Å². The van der Waals surface area contributed by atoms with Crippen LogP contribution in [-0.4, -0.2) is 63.0 Å². The minimum atomic E-state index is -0.478. The fourth-order valence-electron chi connectivity index (χ4n) is 3.82. The lowest BCUT2D eigenvalue weighted by Crippen LogP contribution is -2.43. The van der Waals surface area contributed by atoms with Crippen molar-refractivity contribution in [3.05, 3.63) is 72.4 Å². The molecule has 5 rings (SSSR count). The molecule has 0 saturated carbocycles. The van der Waals surface area contributed by atoms with Crippen LogP contribution in [0.25, 0.3) is 22.2 Å². The highest BCUT2D eigenvalue weighted by Gasteiger charge is 2.14. The zero-order chi connectivity index (χ0) is 21.9. The Morgan fingerprint density at radius 3 is 2.61 bits per heavy atom. The van der Waals surface area contributed by atoms with E-state index in [-0.39, 0.29) is 18.1 Å². The summed E-state index contributed by atoms with van der Waals surface area (Å²) in [5.74, 6) is 0.439. The van der Waals surface area contributed by atoms with Gasteiger partial charge in [0.05, 0.1) is 11.7 Å². The molecule has 1 aliphatic rings. The predicted molar refractivity (Wildman–Crippen MR) is 130 cm³/mol. The van der Waals surface area contributed by atoms with Crippen LogP contribution >= 0.6 is 12.4 Å². The normalized spacial score (nSPS) is 14.7. The number of aromatic nitrogens is 4. The number of hydrogen-bond donors (Lipinski definition) is 1. The molecule has 3 aromatic heterocycles. The summed E-state index contributed by atoms with van der Waals surface area (Å²) in [5.41, 5.74) is 2.92. The van der Waals surface area contributed by atoms with Crippen LogP contribution in [0.4, 0.5) is 16.2 Å². The number of fused-ring (bicyclic) bond motifs is 1. The van der Waals surface area contributed by atoms with Crippen molar-refractivity contribution >= 4 is 35.1 Å². The van der Waals surface area contributed by atoms with Crippen molar-refractivity contribution in [2.45, 2.75) is 6.54 Å². The van der Waals surface area contributed by atoms with Crippen LogP contribution in [0.1, 0.15) is 5.56 Å². The van der Waals surface area contributed by atoms with Crippen LogP contribution in [0, 0.1) is 5.82 Å². The number of nitrogens with one attached hydrogen (secondary N) is 1. The summed E-state index contributed by atoms with van der Waals surface area (Å²) in [6, 6.07) is 13.3. The molecule has 0 atom stereocenters. The molecule has 9 heteroatoms. The molecular formula is C24H25ClFN7. The molecule has 1 saturated heterocycles. The van der Waals surface area contributed by atoms with E-state index >= 15 is 0 Å². The fourth-order valence-corrected chi connectivity index (χ4v) is 3.82. The topological polar surface area (TPSA) is 70.1 Å². The van der Waals surface area contributed by atoms with Crippen LogP contribution < -0.4 is 5.32 Å². The zero-order valence-electron chi connectivity index (χ0n) is 18.3. The number of nitrogens with zero attached hydrogens (tertiary/aromatic N) is 6. The van der Waals surface area contributed by atoms with Gasteiger partial charge in [-0.25, -0.2) is 19.3 Å². The van der Waals surface area contributed by atoms with Gasteiger partial charge in [-0.05, 0) is 36.9 Å². The standard InChI is InChI=1S/C24H24FN7.ClH/c1-31-9-11-32(12-10-31)16-17-4-7-22(27-14-17)29-24-28-15-20(25)23(30-24)19-5-6-21-18(13-19)3-2-8-26-21;/h2-8,13-15H,9-12,16H2,1H3,(H,27,28,29,30);1H. The van der Waals surface area contributed by atoms with Crippen molar-refractivity contribution in [3.8, 4) is 11.3 Å². The van der Waals surface area contributed by atoms with Crippen LogP contribution in [0.2, 0.25) is 0 Å². The summed E-state index contributed by atoms with van der Waals surface area (Å²) in [4.78, 5) is 22.0. The number of likely N-dealkylation sites (N-methyl/N-ethyl adjacent to an activating group) is 1. The van der Waals surface area contributed by atoms with E-state index in [1.165, 1.54) is 6.20 Å². The van der Waals surface area contributed by atoms with E-state index in [2.05, 4.69) is 48.2 Å².